The molecule has 0 radical (unpaired) electrons. The molecule has 2 heterocycles. The fourth-order valence-electron chi connectivity index (χ4n) is 4.12. The molecule has 1 aliphatic rings. The Bertz CT molecular complexity index is 1380. The molecule has 0 spiro atoms. The molecule has 37 heavy (non-hydrogen) atoms. The molecule has 1 aromatic heterocycles. The third kappa shape index (κ3) is 5.91. The number of hydrogen-bond acceptors (Lipinski definition) is 5. The van der Waals surface area contributed by atoms with Crippen LogP contribution < -0.4 is 10.1 Å². The highest BCUT2D eigenvalue weighted by Crippen LogP contribution is 2.31. The van der Waals surface area contributed by atoms with Crippen LogP contribution in [-0.2, 0) is 27.5 Å². The summed E-state index contributed by atoms with van der Waals surface area (Å²) in [6.07, 6.45) is -2.63. The van der Waals surface area contributed by atoms with Crippen LogP contribution in [0.1, 0.15) is 24.1 Å². The Balaban J connectivity index is 1.50. The van der Waals surface area contributed by atoms with Gasteiger partial charge in [-0.05, 0) is 72.5 Å². The molecule has 0 bridgehead atoms. The molecule has 3 aromatic rings. The molecular formula is C25H23F4N3O4S. The summed E-state index contributed by atoms with van der Waals surface area (Å²) < 4.78 is 84.3. The van der Waals surface area contributed by atoms with Crippen LogP contribution in [0.5, 0.6) is 5.75 Å². The molecule has 0 saturated carbocycles. The zero-order chi connectivity index (χ0) is 26.8. The van der Waals surface area contributed by atoms with Crippen molar-refractivity contribution in [2.75, 3.05) is 13.7 Å². The van der Waals surface area contributed by atoms with Gasteiger partial charge in [-0.25, -0.2) is 12.8 Å². The number of halogens is 4. The Morgan fingerprint density at radius 1 is 1.11 bits per heavy atom. The second-order valence-electron chi connectivity index (χ2n) is 8.45. The molecule has 1 unspecified atom stereocenters. The van der Waals surface area contributed by atoms with Gasteiger partial charge in [-0.3, -0.25) is 9.78 Å². The van der Waals surface area contributed by atoms with Crippen LogP contribution in [0.2, 0.25) is 0 Å². The quantitative estimate of drug-likeness (QED) is 0.452. The van der Waals surface area contributed by atoms with Crippen LogP contribution in [0.3, 0.4) is 0 Å². The van der Waals surface area contributed by atoms with Crippen LogP contribution in [0.15, 0.2) is 65.7 Å². The molecule has 12 heteroatoms. The number of ether oxygens (including phenoxy) is 1. The zero-order valence-corrected chi connectivity index (χ0v) is 20.4. The lowest BCUT2D eigenvalue weighted by Gasteiger charge is -2.23. The van der Waals surface area contributed by atoms with Gasteiger partial charge in [0.05, 0.1) is 12.0 Å². The van der Waals surface area contributed by atoms with E-state index in [-0.39, 0.29) is 18.0 Å². The van der Waals surface area contributed by atoms with Gasteiger partial charge in [0.1, 0.15) is 23.3 Å². The first-order valence-corrected chi connectivity index (χ1v) is 12.7. The number of carbonyl (C=O) groups is 1. The van der Waals surface area contributed by atoms with Gasteiger partial charge in [-0.15, -0.1) is 0 Å². The molecule has 196 valence electrons. The maximum atomic E-state index is 13.2. The van der Waals surface area contributed by atoms with Gasteiger partial charge in [0.15, 0.2) is 0 Å². The Morgan fingerprint density at radius 2 is 1.84 bits per heavy atom. The summed E-state index contributed by atoms with van der Waals surface area (Å²) in [6.45, 7) is 0.181. The van der Waals surface area contributed by atoms with Crippen molar-refractivity contribution in [3.05, 3.63) is 77.9 Å². The predicted molar refractivity (Wildman–Crippen MR) is 126 cm³/mol. The van der Waals surface area contributed by atoms with Crippen molar-refractivity contribution in [1.29, 1.82) is 0 Å². The fraction of sp³-hybridized carbons (Fsp3) is 0.280. The number of sulfonamides is 1. The van der Waals surface area contributed by atoms with Crippen molar-refractivity contribution < 1.29 is 35.5 Å². The summed E-state index contributed by atoms with van der Waals surface area (Å²) >= 11 is 0. The lowest BCUT2D eigenvalue weighted by molar-refractivity contribution is -0.141. The van der Waals surface area contributed by atoms with Gasteiger partial charge in [-0.1, -0.05) is 6.07 Å². The molecule has 1 amide bonds. The number of nitrogens with one attached hydrogen (secondary N) is 1. The van der Waals surface area contributed by atoms with Crippen molar-refractivity contribution >= 4 is 15.9 Å². The molecule has 1 saturated heterocycles. The molecule has 1 fully saturated rings. The van der Waals surface area contributed by atoms with Crippen molar-refractivity contribution in [3.8, 4) is 16.9 Å². The third-order valence-electron chi connectivity index (χ3n) is 5.98. The number of alkyl halides is 3. The number of nitrogens with zero attached hydrogens (tertiary/aromatic N) is 2. The maximum absolute atomic E-state index is 13.2. The van der Waals surface area contributed by atoms with Crippen molar-refractivity contribution in [2.24, 2.45) is 0 Å². The molecule has 1 aliphatic heterocycles. The normalized spacial score (nSPS) is 16.5. The highest BCUT2D eigenvalue weighted by atomic mass is 32.2. The molecular weight excluding hydrogens is 514 g/mol. The molecule has 7 nitrogen and oxygen atoms in total. The summed E-state index contributed by atoms with van der Waals surface area (Å²) in [5.41, 5.74) is 0.537. The lowest BCUT2D eigenvalue weighted by atomic mass is 10.0. The van der Waals surface area contributed by atoms with Crippen LogP contribution in [0.25, 0.3) is 11.1 Å². The fourth-order valence-corrected chi connectivity index (χ4v) is 5.77. The summed E-state index contributed by atoms with van der Waals surface area (Å²) in [4.78, 5) is 16.4. The first-order chi connectivity index (χ1) is 17.5. The van der Waals surface area contributed by atoms with Crippen LogP contribution >= 0.6 is 0 Å². The van der Waals surface area contributed by atoms with E-state index < -0.39 is 39.7 Å². The van der Waals surface area contributed by atoms with Crippen LogP contribution in [-0.4, -0.2) is 43.3 Å². The summed E-state index contributed by atoms with van der Waals surface area (Å²) in [5, 5.41) is 2.74. The van der Waals surface area contributed by atoms with Crippen LogP contribution in [0, 0.1) is 5.82 Å². The largest absolute Gasteiger partial charge is 0.497 e. The van der Waals surface area contributed by atoms with Gasteiger partial charge in [0.2, 0.25) is 15.9 Å². The second-order valence-corrected chi connectivity index (χ2v) is 10.3. The number of hydrogen-bond donors (Lipinski definition) is 1. The maximum Gasteiger partial charge on any atom is 0.433 e. The minimum atomic E-state index is -4.55. The van der Waals surface area contributed by atoms with Gasteiger partial charge in [0, 0.05) is 24.8 Å². The summed E-state index contributed by atoms with van der Waals surface area (Å²) in [6, 6.07) is 10.6. The van der Waals surface area contributed by atoms with Gasteiger partial charge in [0.25, 0.3) is 0 Å². The van der Waals surface area contributed by atoms with E-state index in [0.29, 0.717) is 35.3 Å². The minimum absolute atomic E-state index is 0.0258. The summed E-state index contributed by atoms with van der Waals surface area (Å²) in [5.74, 6) is -0.647. The average Bonchev–Trinajstić information content (AvgIpc) is 3.38. The van der Waals surface area contributed by atoms with Gasteiger partial charge >= 0.3 is 6.18 Å². The lowest BCUT2D eigenvalue weighted by Crippen LogP contribution is -2.45. The van der Waals surface area contributed by atoms with E-state index in [9.17, 15) is 30.8 Å². The third-order valence-corrected chi connectivity index (χ3v) is 7.90. The van der Waals surface area contributed by atoms with E-state index >= 15 is 0 Å². The van der Waals surface area contributed by atoms with Crippen molar-refractivity contribution in [2.45, 2.75) is 36.5 Å². The molecule has 0 aliphatic carbocycles. The number of amides is 1. The van der Waals surface area contributed by atoms with E-state index in [0.717, 1.165) is 40.8 Å². The Kier molecular flexibility index (Phi) is 7.51. The van der Waals surface area contributed by atoms with E-state index in [2.05, 4.69) is 10.3 Å². The topological polar surface area (TPSA) is 88.6 Å². The van der Waals surface area contributed by atoms with E-state index in [1.807, 2.05) is 0 Å². The first-order valence-electron chi connectivity index (χ1n) is 11.3. The average molecular weight is 538 g/mol. The van der Waals surface area contributed by atoms with E-state index in [1.165, 1.54) is 13.2 Å². The second kappa shape index (κ2) is 10.5. The van der Waals surface area contributed by atoms with Crippen molar-refractivity contribution in [3.63, 3.8) is 0 Å². The summed E-state index contributed by atoms with van der Waals surface area (Å²) in [7, 11) is -2.57. The van der Waals surface area contributed by atoms with Crippen LogP contribution in [0.4, 0.5) is 17.6 Å². The predicted octanol–water partition coefficient (Wildman–Crippen LogP) is 4.38. The number of methoxy groups -OCH3 is 1. The Labute approximate surface area is 211 Å². The van der Waals surface area contributed by atoms with E-state index in [1.54, 1.807) is 18.2 Å². The SMILES string of the molecule is COc1cc(CNC(=O)C2CCCN2S(=O)(=O)c2ccc(F)cc2)cc(-c2ccc(C(F)(F)F)nc2)c1. The number of rotatable bonds is 7. The number of carbonyl (C=O) groups excluding carboxylic acids is 1. The monoisotopic (exact) mass is 537 g/mol. The first kappa shape index (κ1) is 26.6. The molecule has 2 aromatic carbocycles. The van der Waals surface area contributed by atoms with E-state index in [4.69, 9.17) is 4.74 Å². The molecule has 1 N–H and O–H groups in total. The smallest absolute Gasteiger partial charge is 0.433 e. The van der Waals surface area contributed by atoms with Gasteiger partial charge in [-0.2, -0.15) is 17.5 Å². The highest BCUT2D eigenvalue weighted by Gasteiger charge is 2.39. The zero-order valence-electron chi connectivity index (χ0n) is 19.6. The number of pyridine rings is 1. The number of aromatic nitrogens is 1. The number of benzene rings is 2. The molecule has 1 atom stereocenters. The Morgan fingerprint density at radius 3 is 2.46 bits per heavy atom. The van der Waals surface area contributed by atoms with Crippen molar-refractivity contribution in [1.82, 2.24) is 14.6 Å². The standard InChI is InChI=1S/C25H23F4N3O4S/c1-36-20-12-16(11-18(13-20)17-4-9-23(30-15-17)25(27,28)29)14-31-24(33)22-3-2-10-32(22)37(34,35)21-7-5-19(26)6-8-21/h4-9,11-13,15,22H,2-3,10,14H2,1H3,(H,31,33). The highest BCUT2D eigenvalue weighted by molar-refractivity contribution is 7.89. The van der Waals surface area contributed by atoms with Gasteiger partial charge < -0.3 is 10.1 Å². The Hall–Kier alpha value is -3.51. The molecule has 4 rings (SSSR count). The minimum Gasteiger partial charge on any atom is -0.497 e.